The summed E-state index contributed by atoms with van der Waals surface area (Å²) in [6.45, 7) is 4.48. The van der Waals surface area contributed by atoms with Crippen molar-refractivity contribution in [2.75, 3.05) is 11.4 Å². The van der Waals surface area contributed by atoms with Gasteiger partial charge in [0.2, 0.25) is 5.91 Å². The molecule has 6 heteroatoms. The van der Waals surface area contributed by atoms with Crippen LogP contribution in [0.2, 0.25) is 5.02 Å². The van der Waals surface area contributed by atoms with Crippen LogP contribution in [0.15, 0.2) is 47.0 Å². The van der Waals surface area contributed by atoms with Gasteiger partial charge in [-0.3, -0.25) is 4.79 Å². The molecule has 0 saturated carbocycles. The summed E-state index contributed by atoms with van der Waals surface area (Å²) in [5.74, 6) is 0.987. The van der Waals surface area contributed by atoms with E-state index in [4.69, 9.17) is 16.1 Å². The zero-order valence-corrected chi connectivity index (χ0v) is 15.3. The molecule has 1 amide bonds. The monoisotopic (exact) mass is 367 g/mol. The molecule has 1 aliphatic heterocycles. The number of carbonyl (C=O) groups excluding carboxylic acids is 1. The fraction of sp³-hybridized carbons (Fsp3) is 0.250. The molecule has 4 rings (SSSR count). The Morgan fingerprint density at radius 1 is 1.15 bits per heavy atom. The van der Waals surface area contributed by atoms with E-state index in [2.05, 4.69) is 10.1 Å². The number of nitrogens with zero attached hydrogens (tertiary/aromatic N) is 3. The first-order valence-electron chi connectivity index (χ1n) is 8.48. The lowest BCUT2D eigenvalue weighted by molar-refractivity contribution is -0.117. The van der Waals surface area contributed by atoms with E-state index in [-0.39, 0.29) is 11.8 Å². The Kier molecular flexibility index (Phi) is 4.24. The Hall–Kier alpha value is -2.66. The number of benzene rings is 2. The Bertz CT molecular complexity index is 965. The summed E-state index contributed by atoms with van der Waals surface area (Å²) in [6, 6.07) is 13.6. The van der Waals surface area contributed by atoms with Crippen LogP contribution in [0.4, 0.5) is 5.69 Å². The standard InChI is InChI=1S/C20H18ClN3O2/c1-12-3-6-14(7-4-12)20-22-19(23-26-20)15-9-18(25)24(11-15)16-8-5-13(2)17(21)10-16/h3-8,10,15H,9,11H2,1-2H3. The van der Waals surface area contributed by atoms with Gasteiger partial charge in [-0.05, 0) is 43.7 Å². The summed E-state index contributed by atoms with van der Waals surface area (Å²) >= 11 is 6.20. The van der Waals surface area contributed by atoms with Crippen LogP contribution in [-0.4, -0.2) is 22.6 Å². The molecule has 26 heavy (non-hydrogen) atoms. The highest BCUT2D eigenvalue weighted by Crippen LogP contribution is 2.33. The molecule has 1 aromatic heterocycles. The van der Waals surface area contributed by atoms with Crippen molar-refractivity contribution in [3.05, 3.63) is 64.4 Å². The molecule has 1 saturated heterocycles. The Morgan fingerprint density at radius 3 is 2.65 bits per heavy atom. The second kappa shape index (κ2) is 6.57. The third kappa shape index (κ3) is 3.10. The first-order chi connectivity index (χ1) is 12.5. The summed E-state index contributed by atoms with van der Waals surface area (Å²) in [7, 11) is 0. The van der Waals surface area contributed by atoms with Crippen molar-refractivity contribution in [3.8, 4) is 11.5 Å². The lowest BCUT2D eigenvalue weighted by Crippen LogP contribution is -2.24. The Labute approximate surface area is 156 Å². The SMILES string of the molecule is Cc1ccc(-c2nc(C3CC(=O)N(c4ccc(C)c(Cl)c4)C3)no2)cc1. The number of amides is 1. The quantitative estimate of drug-likeness (QED) is 0.682. The highest BCUT2D eigenvalue weighted by atomic mass is 35.5. The number of hydrogen-bond acceptors (Lipinski definition) is 4. The van der Waals surface area contributed by atoms with E-state index < -0.39 is 0 Å². The zero-order valence-electron chi connectivity index (χ0n) is 14.6. The molecule has 0 aliphatic carbocycles. The molecule has 2 heterocycles. The van der Waals surface area contributed by atoms with E-state index in [1.807, 2.05) is 56.3 Å². The lowest BCUT2D eigenvalue weighted by atomic mass is 10.1. The minimum Gasteiger partial charge on any atom is -0.334 e. The van der Waals surface area contributed by atoms with Gasteiger partial charge < -0.3 is 9.42 Å². The fourth-order valence-corrected chi connectivity index (χ4v) is 3.27. The first kappa shape index (κ1) is 16.8. The number of hydrogen-bond donors (Lipinski definition) is 0. The molecule has 0 radical (unpaired) electrons. The summed E-state index contributed by atoms with van der Waals surface area (Å²) in [5.41, 5.74) is 3.83. The van der Waals surface area contributed by atoms with Gasteiger partial charge in [0, 0.05) is 35.2 Å². The Balaban J connectivity index is 1.55. The summed E-state index contributed by atoms with van der Waals surface area (Å²) in [4.78, 5) is 18.7. The number of anilines is 1. The van der Waals surface area contributed by atoms with Gasteiger partial charge in [-0.25, -0.2) is 0 Å². The lowest BCUT2D eigenvalue weighted by Gasteiger charge is -2.17. The number of rotatable bonds is 3. The third-order valence-corrected chi connectivity index (χ3v) is 5.10. The topological polar surface area (TPSA) is 59.2 Å². The van der Waals surface area contributed by atoms with Gasteiger partial charge in [-0.2, -0.15) is 4.98 Å². The number of halogens is 1. The van der Waals surface area contributed by atoms with Crippen LogP contribution in [0.5, 0.6) is 0 Å². The molecule has 132 valence electrons. The summed E-state index contributed by atoms with van der Waals surface area (Å²) < 4.78 is 5.40. The fourth-order valence-electron chi connectivity index (χ4n) is 3.09. The largest absolute Gasteiger partial charge is 0.334 e. The van der Waals surface area contributed by atoms with Crippen molar-refractivity contribution < 1.29 is 9.32 Å². The number of aryl methyl sites for hydroxylation is 2. The van der Waals surface area contributed by atoms with E-state index in [0.29, 0.717) is 29.7 Å². The van der Waals surface area contributed by atoms with Crippen LogP contribution in [0.1, 0.15) is 29.3 Å². The van der Waals surface area contributed by atoms with Crippen LogP contribution in [-0.2, 0) is 4.79 Å². The van der Waals surface area contributed by atoms with Crippen molar-refractivity contribution in [1.29, 1.82) is 0 Å². The highest BCUT2D eigenvalue weighted by Gasteiger charge is 2.34. The van der Waals surface area contributed by atoms with Crippen molar-refractivity contribution >= 4 is 23.2 Å². The van der Waals surface area contributed by atoms with Gasteiger partial charge >= 0.3 is 0 Å². The van der Waals surface area contributed by atoms with Crippen molar-refractivity contribution in [1.82, 2.24) is 10.1 Å². The molecule has 1 atom stereocenters. The molecule has 1 fully saturated rings. The minimum atomic E-state index is -0.0921. The summed E-state index contributed by atoms with van der Waals surface area (Å²) in [6.07, 6.45) is 0.359. The second-order valence-electron chi connectivity index (χ2n) is 6.66. The van der Waals surface area contributed by atoms with Crippen LogP contribution in [0.3, 0.4) is 0 Å². The van der Waals surface area contributed by atoms with Gasteiger partial charge in [0.05, 0.1) is 0 Å². The predicted molar refractivity (Wildman–Crippen MR) is 100 cm³/mol. The highest BCUT2D eigenvalue weighted by molar-refractivity contribution is 6.31. The number of aromatic nitrogens is 2. The molecule has 1 aliphatic rings. The Morgan fingerprint density at radius 2 is 1.92 bits per heavy atom. The first-order valence-corrected chi connectivity index (χ1v) is 8.86. The molecule has 0 bridgehead atoms. The molecular formula is C20H18ClN3O2. The van der Waals surface area contributed by atoms with Crippen molar-refractivity contribution in [2.45, 2.75) is 26.2 Å². The molecule has 0 spiro atoms. The molecular weight excluding hydrogens is 350 g/mol. The van der Waals surface area contributed by atoms with E-state index in [0.717, 1.165) is 16.8 Å². The zero-order chi connectivity index (χ0) is 18.3. The maximum absolute atomic E-state index is 12.5. The smallest absolute Gasteiger partial charge is 0.257 e. The van der Waals surface area contributed by atoms with Gasteiger partial charge in [0.15, 0.2) is 5.82 Å². The third-order valence-electron chi connectivity index (χ3n) is 4.70. The van der Waals surface area contributed by atoms with Crippen LogP contribution >= 0.6 is 11.6 Å². The van der Waals surface area contributed by atoms with Crippen LogP contribution in [0, 0.1) is 13.8 Å². The van der Waals surface area contributed by atoms with E-state index >= 15 is 0 Å². The van der Waals surface area contributed by atoms with Crippen LogP contribution in [0.25, 0.3) is 11.5 Å². The van der Waals surface area contributed by atoms with Gasteiger partial charge in [-0.15, -0.1) is 0 Å². The molecule has 5 nitrogen and oxygen atoms in total. The van der Waals surface area contributed by atoms with E-state index in [1.54, 1.807) is 4.90 Å². The predicted octanol–water partition coefficient (Wildman–Crippen LogP) is 4.53. The minimum absolute atomic E-state index is 0.0385. The molecule has 1 unspecified atom stereocenters. The maximum Gasteiger partial charge on any atom is 0.257 e. The van der Waals surface area contributed by atoms with Gasteiger partial charge in [-0.1, -0.05) is 40.5 Å². The maximum atomic E-state index is 12.5. The second-order valence-corrected chi connectivity index (χ2v) is 7.07. The van der Waals surface area contributed by atoms with E-state index in [1.165, 1.54) is 5.56 Å². The molecule has 0 N–H and O–H groups in total. The average molecular weight is 368 g/mol. The van der Waals surface area contributed by atoms with Crippen molar-refractivity contribution in [2.24, 2.45) is 0 Å². The van der Waals surface area contributed by atoms with Crippen LogP contribution < -0.4 is 4.90 Å². The molecule has 2 aromatic carbocycles. The average Bonchev–Trinajstić information content (AvgIpc) is 3.25. The van der Waals surface area contributed by atoms with E-state index in [9.17, 15) is 4.79 Å². The van der Waals surface area contributed by atoms with Gasteiger partial charge in [0.25, 0.3) is 5.89 Å². The van der Waals surface area contributed by atoms with Crippen molar-refractivity contribution in [3.63, 3.8) is 0 Å². The summed E-state index contributed by atoms with van der Waals surface area (Å²) in [5, 5.41) is 4.75. The van der Waals surface area contributed by atoms with Gasteiger partial charge in [0.1, 0.15) is 0 Å². The normalized spacial score (nSPS) is 17.1. The molecule has 3 aromatic rings. The number of carbonyl (C=O) groups is 1.